The number of carbonyl (C=O) groups is 1. The number of pyridine rings is 1. The molecule has 108 valence electrons. The van der Waals surface area contributed by atoms with Crippen molar-refractivity contribution in [3.05, 3.63) is 59.2 Å². The van der Waals surface area contributed by atoms with Crippen LogP contribution in [0.1, 0.15) is 5.56 Å². The minimum Gasteiger partial charge on any atom is -0.471 e. The molecule has 0 bridgehead atoms. The topological polar surface area (TPSA) is 42.4 Å². The molecule has 5 heteroatoms. The first-order valence-corrected chi connectivity index (χ1v) is 7.19. The summed E-state index contributed by atoms with van der Waals surface area (Å²) < 4.78 is 5.67. The summed E-state index contributed by atoms with van der Waals surface area (Å²) in [6.07, 6.45) is 2.04. The van der Waals surface area contributed by atoms with E-state index >= 15 is 0 Å². The van der Waals surface area contributed by atoms with Gasteiger partial charge in [-0.25, -0.2) is 4.98 Å². The molecule has 1 fully saturated rings. The van der Waals surface area contributed by atoms with Gasteiger partial charge in [0.25, 0.3) is 0 Å². The number of aromatic nitrogens is 1. The van der Waals surface area contributed by atoms with Crippen molar-refractivity contribution in [3.63, 3.8) is 0 Å². The molecule has 0 radical (unpaired) electrons. The fourth-order valence-corrected chi connectivity index (χ4v) is 2.42. The van der Waals surface area contributed by atoms with Crippen LogP contribution in [0, 0.1) is 0 Å². The molecule has 2 heterocycles. The molecule has 1 aromatic carbocycles. The Morgan fingerprint density at radius 3 is 2.71 bits per heavy atom. The van der Waals surface area contributed by atoms with Crippen molar-refractivity contribution in [3.8, 4) is 5.88 Å². The number of rotatable bonds is 4. The minimum absolute atomic E-state index is 0.0232. The van der Waals surface area contributed by atoms with E-state index in [2.05, 4.69) is 4.98 Å². The largest absolute Gasteiger partial charge is 0.471 e. The molecular formula is C16H15ClN2O2. The lowest BCUT2D eigenvalue weighted by Crippen LogP contribution is -2.56. The van der Waals surface area contributed by atoms with E-state index in [4.69, 9.17) is 16.3 Å². The summed E-state index contributed by atoms with van der Waals surface area (Å²) in [4.78, 5) is 18.0. The van der Waals surface area contributed by atoms with Crippen molar-refractivity contribution in [2.24, 2.45) is 0 Å². The van der Waals surface area contributed by atoms with Crippen molar-refractivity contribution in [1.82, 2.24) is 9.88 Å². The summed E-state index contributed by atoms with van der Waals surface area (Å²) in [7, 11) is 0. The Labute approximate surface area is 128 Å². The summed E-state index contributed by atoms with van der Waals surface area (Å²) in [6.45, 7) is 1.19. The Hall–Kier alpha value is -2.07. The predicted molar refractivity (Wildman–Crippen MR) is 80.4 cm³/mol. The van der Waals surface area contributed by atoms with E-state index in [1.54, 1.807) is 17.2 Å². The third kappa shape index (κ3) is 3.34. The molecule has 1 amide bonds. The molecule has 3 rings (SSSR count). The van der Waals surface area contributed by atoms with Crippen molar-refractivity contribution < 1.29 is 9.53 Å². The Balaban J connectivity index is 1.50. The second-order valence-electron chi connectivity index (χ2n) is 4.97. The molecule has 0 unspecified atom stereocenters. The lowest BCUT2D eigenvalue weighted by molar-refractivity contribution is -0.139. The highest BCUT2D eigenvalue weighted by molar-refractivity contribution is 6.31. The van der Waals surface area contributed by atoms with Crippen LogP contribution in [-0.4, -0.2) is 35.0 Å². The zero-order valence-electron chi connectivity index (χ0n) is 11.4. The van der Waals surface area contributed by atoms with Crippen LogP contribution < -0.4 is 4.74 Å². The fourth-order valence-electron chi connectivity index (χ4n) is 2.22. The number of hydrogen-bond donors (Lipinski definition) is 0. The van der Waals surface area contributed by atoms with Gasteiger partial charge in [0.2, 0.25) is 11.8 Å². The van der Waals surface area contributed by atoms with Crippen molar-refractivity contribution >= 4 is 17.5 Å². The molecule has 1 aliphatic heterocycles. The minimum atomic E-state index is 0.0232. The number of likely N-dealkylation sites (tertiary alicyclic amines) is 1. The summed E-state index contributed by atoms with van der Waals surface area (Å²) in [5, 5.41) is 0.632. The van der Waals surface area contributed by atoms with Crippen LogP contribution in [-0.2, 0) is 11.2 Å². The van der Waals surface area contributed by atoms with Gasteiger partial charge >= 0.3 is 0 Å². The van der Waals surface area contributed by atoms with E-state index in [-0.39, 0.29) is 12.0 Å². The van der Waals surface area contributed by atoms with Gasteiger partial charge in [-0.2, -0.15) is 0 Å². The molecule has 0 saturated carbocycles. The molecule has 1 aliphatic rings. The zero-order chi connectivity index (χ0) is 14.7. The number of hydrogen-bond acceptors (Lipinski definition) is 3. The molecule has 2 aromatic rings. The second kappa shape index (κ2) is 6.14. The van der Waals surface area contributed by atoms with Crippen LogP contribution in [0.25, 0.3) is 0 Å². The molecule has 0 spiro atoms. The number of carbonyl (C=O) groups excluding carboxylic acids is 1. The SMILES string of the molecule is O=C(Cc1ccccc1Cl)N1CC(Oc2ccccn2)C1. The average Bonchev–Trinajstić information content (AvgIpc) is 2.46. The van der Waals surface area contributed by atoms with Gasteiger partial charge in [-0.05, 0) is 17.7 Å². The maximum absolute atomic E-state index is 12.1. The Morgan fingerprint density at radius 2 is 2.00 bits per heavy atom. The van der Waals surface area contributed by atoms with Crippen LogP contribution in [0.5, 0.6) is 5.88 Å². The smallest absolute Gasteiger partial charge is 0.227 e. The first-order valence-electron chi connectivity index (χ1n) is 6.81. The quantitative estimate of drug-likeness (QED) is 0.872. The normalized spacial score (nSPS) is 14.6. The molecule has 1 saturated heterocycles. The van der Waals surface area contributed by atoms with Crippen molar-refractivity contribution in [2.75, 3.05) is 13.1 Å². The monoisotopic (exact) mass is 302 g/mol. The fraction of sp³-hybridized carbons (Fsp3) is 0.250. The number of amides is 1. The molecule has 4 nitrogen and oxygen atoms in total. The second-order valence-corrected chi connectivity index (χ2v) is 5.38. The summed E-state index contributed by atoms with van der Waals surface area (Å²) in [5.41, 5.74) is 0.860. The number of ether oxygens (including phenoxy) is 1. The van der Waals surface area contributed by atoms with E-state index < -0.39 is 0 Å². The zero-order valence-corrected chi connectivity index (χ0v) is 12.2. The first kappa shape index (κ1) is 13.9. The van der Waals surface area contributed by atoms with Gasteiger partial charge in [0.15, 0.2) is 0 Å². The molecule has 1 aromatic heterocycles. The first-order chi connectivity index (χ1) is 10.2. The summed E-state index contributed by atoms with van der Waals surface area (Å²) >= 11 is 6.07. The molecule has 0 N–H and O–H groups in total. The van der Waals surface area contributed by atoms with Crippen LogP contribution in [0.3, 0.4) is 0 Å². The van der Waals surface area contributed by atoms with Crippen LogP contribution in [0.2, 0.25) is 5.02 Å². The van der Waals surface area contributed by atoms with Crippen molar-refractivity contribution in [2.45, 2.75) is 12.5 Å². The number of benzene rings is 1. The lowest BCUT2D eigenvalue weighted by atomic mass is 10.1. The van der Waals surface area contributed by atoms with Gasteiger partial charge in [-0.15, -0.1) is 0 Å². The van der Waals surface area contributed by atoms with Crippen LogP contribution >= 0.6 is 11.6 Å². The summed E-state index contributed by atoms with van der Waals surface area (Å²) in [6, 6.07) is 13.0. The van der Waals surface area contributed by atoms with Gasteiger partial charge in [-0.1, -0.05) is 35.9 Å². The highest BCUT2D eigenvalue weighted by Gasteiger charge is 2.32. The van der Waals surface area contributed by atoms with Gasteiger partial charge in [0.1, 0.15) is 6.10 Å². The maximum Gasteiger partial charge on any atom is 0.227 e. The Bertz CT molecular complexity index is 627. The van der Waals surface area contributed by atoms with Gasteiger partial charge in [-0.3, -0.25) is 4.79 Å². The van der Waals surface area contributed by atoms with Gasteiger partial charge in [0, 0.05) is 17.3 Å². The van der Waals surface area contributed by atoms with E-state index in [1.807, 2.05) is 36.4 Å². The van der Waals surface area contributed by atoms with E-state index in [9.17, 15) is 4.79 Å². The third-order valence-corrected chi connectivity index (χ3v) is 3.79. The lowest BCUT2D eigenvalue weighted by Gasteiger charge is -2.38. The van der Waals surface area contributed by atoms with E-state index in [1.165, 1.54) is 0 Å². The maximum atomic E-state index is 12.1. The summed E-state index contributed by atoms with van der Waals surface area (Å²) in [5.74, 6) is 0.671. The number of halogens is 1. The highest BCUT2D eigenvalue weighted by atomic mass is 35.5. The molecule has 0 aliphatic carbocycles. The Morgan fingerprint density at radius 1 is 1.24 bits per heavy atom. The average molecular weight is 303 g/mol. The molecule has 21 heavy (non-hydrogen) atoms. The standard InChI is InChI=1S/C16H15ClN2O2/c17-14-6-2-1-5-12(14)9-16(20)19-10-13(11-19)21-15-7-3-4-8-18-15/h1-8,13H,9-11H2. The number of nitrogens with zero attached hydrogens (tertiary/aromatic N) is 2. The van der Waals surface area contributed by atoms with Gasteiger partial charge in [0.05, 0.1) is 19.5 Å². The Kier molecular flexibility index (Phi) is 4.06. The van der Waals surface area contributed by atoms with E-state index in [0.717, 1.165) is 5.56 Å². The molecular weight excluding hydrogens is 288 g/mol. The third-order valence-electron chi connectivity index (χ3n) is 3.43. The highest BCUT2D eigenvalue weighted by Crippen LogP contribution is 2.20. The van der Waals surface area contributed by atoms with Crippen molar-refractivity contribution in [1.29, 1.82) is 0 Å². The van der Waals surface area contributed by atoms with Gasteiger partial charge < -0.3 is 9.64 Å². The predicted octanol–water partition coefficient (Wildman–Crippen LogP) is 2.57. The van der Waals surface area contributed by atoms with Crippen LogP contribution in [0.4, 0.5) is 0 Å². The molecule has 0 atom stereocenters. The van der Waals surface area contributed by atoms with Crippen LogP contribution in [0.15, 0.2) is 48.7 Å². The van der Waals surface area contributed by atoms with E-state index in [0.29, 0.717) is 30.4 Å².